The Morgan fingerprint density at radius 2 is 1.79 bits per heavy atom. The summed E-state index contributed by atoms with van der Waals surface area (Å²) < 4.78 is 0.898. The second kappa shape index (κ2) is 7.27. The van der Waals surface area contributed by atoms with Crippen molar-refractivity contribution < 1.29 is 9.59 Å². The van der Waals surface area contributed by atoms with Gasteiger partial charge in [-0.05, 0) is 24.8 Å². The molecular formula is C10H12Cl4N2O2S. The van der Waals surface area contributed by atoms with E-state index in [0.717, 1.165) is 0 Å². The van der Waals surface area contributed by atoms with Crippen molar-refractivity contribution in [2.75, 3.05) is 0 Å². The molecule has 4 nitrogen and oxygen atoms in total. The fourth-order valence-electron chi connectivity index (χ4n) is 1.66. The topological polar surface area (TPSA) is 72.2 Å². The second-order valence-corrected chi connectivity index (χ2v) is 7.97. The van der Waals surface area contributed by atoms with E-state index in [1.807, 2.05) is 12.2 Å². The standard InChI is InChI=1S/C10H12Cl4N2O2S/c11-9(12)10(13,14)19-16-8(18)6-4-2-1-3-5(6)7(15)17/h1-2,5-6,9H,3-4H2,(H2,15,17)(H,16,18). The maximum Gasteiger partial charge on any atom is 0.234 e. The minimum atomic E-state index is -1.56. The van der Waals surface area contributed by atoms with Crippen molar-refractivity contribution in [2.45, 2.75) is 21.3 Å². The Kier molecular flexibility index (Phi) is 6.60. The van der Waals surface area contributed by atoms with E-state index < -0.39 is 26.2 Å². The first-order valence-corrected chi connectivity index (χ1v) is 7.78. The Balaban J connectivity index is 2.62. The zero-order valence-corrected chi connectivity index (χ0v) is 13.5. The van der Waals surface area contributed by atoms with E-state index in [2.05, 4.69) is 4.72 Å². The average molecular weight is 366 g/mol. The molecule has 2 amide bonds. The van der Waals surface area contributed by atoms with Gasteiger partial charge in [0.25, 0.3) is 0 Å². The molecule has 2 unspecified atom stereocenters. The van der Waals surface area contributed by atoms with Gasteiger partial charge in [-0.25, -0.2) is 0 Å². The van der Waals surface area contributed by atoms with Gasteiger partial charge in [-0.15, -0.1) is 23.2 Å². The summed E-state index contributed by atoms with van der Waals surface area (Å²) in [5.41, 5.74) is 5.27. The van der Waals surface area contributed by atoms with E-state index in [9.17, 15) is 9.59 Å². The smallest absolute Gasteiger partial charge is 0.234 e. The van der Waals surface area contributed by atoms with E-state index in [-0.39, 0.29) is 5.91 Å². The molecule has 9 heteroatoms. The third-order valence-electron chi connectivity index (χ3n) is 2.68. The number of allylic oxidation sites excluding steroid dienone is 2. The van der Waals surface area contributed by atoms with Gasteiger partial charge in [-0.1, -0.05) is 35.4 Å². The zero-order valence-electron chi connectivity index (χ0n) is 9.61. The molecular weight excluding hydrogens is 354 g/mol. The predicted molar refractivity (Wildman–Crippen MR) is 80.2 cm³/mol. The number of nitrogens with two attached hydrogens (primary N) is 1. The highest BCUT2D eigenvalue weighted by atomic mass is 35.5. The summed E-state index contributed by atoms with van der Waals surface area (Å²) in [6.07, 6.45) is 4.53. The first-order valence-electron chi connectivity index (χ1n) is 5.34. The number of amides is 2. The molecule has 0 aromatic carbocycles. The van der Waals surface area contributed by atoms with Crippen LogP contribution >= 0.6 is 58.4 Å². The Hall–Kier alpha value is 0.190. The van der Waals surface area contributed by atoms with E-state index in [1.165, 1.54) is 0 Å². The molecule has 0 aromatic heterocycles. The third-order valence-corrected chi connectivity index (χ3v) is 5.75. The molecule has 0 saturated heterocycles. The lowest BCUT2D eigenvalue weighted by atomic mass is 9.82. The summed E-state index contributed by atoms with van der Waals surface area (Å²) in [6.45, 7) is 0. The van der Waals surface area contributed by atoms with Crippen LogP contribution in [0.5, 0.6) is 0 Å². The number of carbonyl (C=O) groups excluding carboxylic acids is 2. The largest absolute Gasteiger partial charge is 0.369 e. The first-order chi connectivity index (χ1) is 8.75. The van der Waals surface area contributed by atoms with Gasteiger partial charge >= 0.3 is 0 Å². The Bertz CT molecular complexity index is 390. The zero-order chi connectivity index (χ0) is 14.6. The van der Waals surface area contributed by atoms with Crippen LogP contribution in [0.1, 0.15) is 12.8 Å². The van der Waals surface area contributed by atoms with Crippen LogP contribution in [0.2, 0.25) is 0 Å². The van der Waals surface area contributed by atoms with Crippen LogP contribution < -0.4 is 10.5 Å². The highest BCUT2D eigenvalue weighted by Crippen LogP contribution is 2.41. The van der Waals surface area contributed by atoms with Crippen LogP contribution in [-0.2, 0) is 9.59 Å². The number of rotatable bonds is 5. The summed E-state index contributed by atoms with van der Waals surface area (Å²) in [6, 6.07) is 0. The predicted octanol–water partition coefficient (Wildman–Crippen LogP) is 2.75. The van der Waals surface area contributed by atoms with Gasteiger partial charge < -0.3 is 5.73 Å². The van der Waals surface area contributed by atoms with E-state index >= 15 is 0 Å². The van der Waals surface area contributed by atoms with Crippen LogP contribution in [0, 0.1) is 11.8 Å². The van der Waals surface area contributed by atoms with Crippen molar-refractivity contribution in [3.05, 3.63) is 12.2 Å². The fraction of sp³-hybridized carbons (Fsp3) is 0.600. The van der Waals surface area contributed by atoms with Gasteiger partial charge in [0.05, 0.1) is 11.8 Å². The number of alkyl halides is 4. The number of hydrogen-bond acceptors (Lipinski definition) is 3. The van der Waals surface area contributed by atoms with Crippen LogP contribution in [0.3, 0.4) is 0 Å². The number of halogens is 4. The second-order valence-electron chi connectivity index (χ2n) is 3.99. The molecule has 2 atom stereocenters. The highest BCUT2D eigenvalue weighted by Gasteiger charge is 2.37. The fourth-order valence-corrected chi connectivity index (χ4v) is 2.63. The molecule has 0 radical (unpaired) electrons. The summed E-state index contributed by atoms with van der Waals surface area (Å²) in [5.74, 6) is -1.96. The van der Waals surface area contributed by atoms with Crippen LogP contribution in [0.15, 0.2) is 12.2 Å². The average Bonchev–Trinajstić information content (AvgIpc) is 2.35. The molecule has 1 rings (SSSR count). The molecule has 0 fully saturated rings. The molecule has 0 aliphatic heterocycles. The van der Waals surface area contributed by atoms with Gasteiger partial charge in [0.1, 0.15) is 0 Å². The molecule has 0 aromatic rings. The van der Waals surface area contributed by atoms with E-state index in [0.29, 0.717) is 24.8 Å². The molecule has 1 aliphatic rings. The summed E-state index contributed by atoms with van der Waals surface area (Å²) in [4.78, 5) is 22.2. The highest BCUT2D eigenvalue weighted by molar-refractivity contribution is 8.02. The summed E-state index contributed by atoms with van der Waals surface area (Å²) in [5, 5.41) is 0. The number of carbonyl (C=O) groups is 2. The van der Waals surface area contributed by atoms with Gasteiger partial charge in [-0.2, -0.15) is 0 Å². The monoisotopic (exact) mass is 364 g/mol. The van der Waals surface area contributed by atoms with Crippen molar-refractivity contribution in [3.63, 3.8) is 0 Å². The minimum Gasteiger partial charge on any atom is -0.369 e. The Morgan fingerprint density at radius 3 is 2.26 bits per heavy atom. The van der Waals surface area contributed by atoms with Crippen molar-refractivity contribution >= 4 is 70.2 Å². The maximum atomic E-state index is 12.0. The molecule has 1 aliphatic carbocycles. The van der Waals surface area contributed by atoms with Crippen molar-refractivity contribution in [1.82, 2.24) is 4.72 Å². The van der Waals surface area contributed by atoms with Gasteiger partial charge in [0, 0.05) is 0 Å². The lowest BCUT2D eigenvalue weighted by Gasteiger charge is -2.26. The van der Waals surface area contributed by atoms with Crippen LogP contribution in [-0.4, -0.2) is 20.3 Å². The quantitative estimate of drug-likeness (QED) is 0.447. The van der Waals surface area contributed by atoms with E-state index in [1.54, 1.807) is 0 Å². The minimum absolute atomic E-state index is 0.377. The molecule has 0 saturated carbocycles. The lowest BCUT2D eigenvalue weighted by molar-refractivity contribution is -0.132. The SMILES string of the molecule is NC(=O)C1CC=CCC1C(=O)NSC(Cl)(Cl)C(Cl)Cl. The van der Waals surface area contributed by atoms with Crippen molar-refractivity contribution in [2.24, 2.45) is 17.6 Å². The number of nitrogens with one attached hydrogen (secondary N) is 1. The van der Waals surface area contributed by atoms with Crippen molar-refractivity contribution in [3.8, 4) is 0 Å². The Morgan fingerprint density at radius 1 is 1.26 bits per heavy atom. The molecule has 0 heterocycles. The number of hydrogen-bond donors (Lipinski definition) is 2. The molecule has 19 heavy (non-hydrogen) atoms. The van der Waals surface area contributed by atoms with Crippen molar-refractivity contribution in [1.29, 1.82) is 0 Å². The Labute approximate surface area is 135 Å². The van der Waals surface area contributed by atoms with Crippen LogP contribution in [0.4, 0.5) is 0 Å². The molecule has 0 spiro atoms. The lowest BCUT2D eigenvalue weighted by Crippen LogP contribution is -2.40. The maximum absolute atomic E-state index is 12.0. The normalized spacial score (nSPS) is 23.4. The molecule has 108 valence electrons. The first kappa shape index (κ1) is 17.2. The van der Waals surface area contributed by atoms with Crippen LogP contribution in [0.25, 0.3) is 0 Å². The van der Waals surface area contributed by atoms with E-state index in [4.69, 9.17) is 52.1 Å². The number of primary amides is 1. The van der Waals surface area contributed by atoms with Gasteiger partial charge in [-0.3, -0.25) is 14.3 Å². The summed E-state index contributed by atoms with van der Waals surface area (Å²) >= 11 is 23.4. The van der Waals surface area contributed by atoms with Gasteiger partial charge in [0.15, 0.2) is 4.84 Å². The summed E-state index contributed by atoms with van der Waals surface area (Å²) in [7, 11) is 0. The third kappa shape index (κ3) is 4.90. The molecule has 0 bridgehead atoms. The van der Waals surface area contributed by atoms with Gasteiger partial charge in [0.2, 0.25) is 15.5 Å². The molecule has 3 N–H and O–H groups in total.